The van der Waals surface area contributed by atoms with E-state index in [1.807, 2.05) is 6.08 Å². The van der Waals surface area contributed by atoms with E-state index in [9.17, 15) is 14.4 Å². The second kappa shape index (κ2) is 8.84. The molecule has 0 bridgehead atoms. The molecule has 1 aliphatic heterocycles. The Morgan fingerprint density at radius 3 is 2.57 bits per heavy atom. The number of alkyl carbamates (subject to hydrolysis) is 1. The molecule has 1 aliphatic carbocycles. The fourth-order valence-electron chi connectivity index (χ4n) is 3.26. The lowest BCUT2D eigenvalue weighted by Crippen LogP contribution is -2.51. The van der Waals surface area contributed by atoms with Crippen LogP contribution in [0.2, 0.25) is 0 Å². The first-order valence-corrected chi connectivity index (χ1v) is 10.6. The minimum atomic E-state index is -0.801. The van der Waals surface area contributed by atoms with E-state index in [0.29, 0.717) is 6.42 Å². The second-order valence-corrected chi connectivity index (χ2v) is 10.2. The van der Waals surface area contributed by atoms with E-state index in [1.54, 1.807) is 34.6 Å². The van der Waals surface area contributed by atoms with Gasteiger partial charge in [0, 0.05) is 27.2 Å². The molecule has 3 N–H and O–H groups in total. The molecule has 0 aromatic carbocycles. The van der Waals surface area contributed by atoms with Crippen molar-refractivity contribution in [1.29, 1.82) is 0 Å². The van der Waals surface area contributed by atoms with Crippen LogP contribution >= 0.6 is 22.6 Å². The molecule has 0 aromatic rings. The number of carbonyl (C=O) groups excluding carboxylic acids is 3. The van der Waals surface area contributed by atoms with Crippen molar-refractivity contribution in [2.45, 2.75) is 77.5 Å². The number of hydrogen-bond acceptors (Lipinski definition) is 4. The zero-order chi connectivity index (χ0) is 21.1. The lowest BCUT2D eigenvalue weighted by atomic mass is 9.92. The van der Waals surface area contributed by atoms with Gasteiger partial charge in [-0.25, -0.2) is 4.79 Å². The van der Waals surface area contributed by atoms with E-state index in [0.717, 1.165) is 22.1 Å². The molecular weight excluding hydrogens is 473 g/mol. The quantitative estimate of drug-likeness (QED) is 0.513. The Hall–Kier alpha value is -1.58. The van der Waals surface area contributed by atoms with Gasteiger partial charge in [0.1, 0.15) is 11.6 Å². The Balaban J connectivity index is 1.91. The Labute approximate surface area is 180 Å². The number of fused-ring (bicyclic) bond motifs is 1. The van der Waals surface area contributed by atoms with Crippen LogP contribution < -0.4 is 16.0 Å². The van der Waals surface area contributed by atoms with Gasteiger partial charge < -0.3 is 20.7 Å². The maximum absolute atomic E-state index is 12.5. The van der Waals surface area contributed by atoms with Gasteiger partial charge in [-0.3, -0.25) is 9.59 Å². The van der Waals surface area contributed by atoms with Crippen LogP contribution in [0.1, 0.15) is 60.3 Å². The van der Waals surface area contributed by atoms with Gasteiger partial charge in [-0.2, -0.15) is 0 Å². The van der Waals surface area contributed by atoms with Crippen molar-refractivity contribution in [2.75, 3.05) is 0 Å². The second-order valence-electron chi connectivity index (χ2n) is 9.00. The van der Waals surface area contributed by atoms with Crippen LogP contribution in [-0.2, 0) is 14.3 Å². The van der Waals surface area contributed by atoms with Crippen LogP contribution in [0.3, 0.4) is 0 Å². The third-order valence-electron chi connectivity index (χ3n) is 4.50. The van der Waals surface area contributed by atoms with Crippen molar-refractivity contribution < 1.29 is 19.1 Å². The minimum Gasteiger partial charge on any atom is -0.444 e. The van der Waals surface area contributed by atoms with Crippen LogP contribution in [0.15, 0.2) is 21.4 Å². The molecule has 0 radical (unpaired) electrons. The first kappa shape index (κ1) is 22.7. The number of rotatable bonds is 4. The van der Waals surface area contributed by atoms with Gasteiger partial charge in [-0.1, -0.05) is 6.08 Å². The van der Waals surface area contributed by atoms with Gasteiger partial charge in [0.2, 0.25) is 11.8 Å². The highest BCUT2D eigenvalue weighted by atomic mass is 127. The highest BCUT2D eigenvalue weighted by Crippen LogP contribution is 2.31. The number of carbonyl (C=O) groups is 3. The first-order chi connectivity index (χ1) is 12.8. The van der Waals surface area contributed by atoms with Crippen molar-refractivity contribution in [3.63, 3.8) is 0 Å². The van der Waals surface area contributed by atoms with Gasteiger partial charge in [0.15, 0.2) is 0 Å². The molecule has 8 heteroatoms. The Morgan fingerprint density at radius 2 is 1.93 bits per heavy atom. The summed E-state index contributed by atoms with van der Waals surface area (Å²) < 4.78 is 6.36. The summed E-state index contributed by atoms with van der Waals surface area (Å²) in [4.78, 5) is 37.0. The predicted octanol–water partition coefficient (Wildman–Crippen LogP) is 3.30. The van der Waals surface area contributed by atoms with Crippen LogP contribution in [-0.4, -0.2) is 35.1 Å². The Kier molecular flexibility index (Phi) is 7.17. The summed E-state index contributed by atoms with van der Waals surface area (Å²) in [5.41, 5.74) is -0.482. The third-order valence-corrected chi connectivity index (χ3v) is 5.25. The number of allylic oxidation sites excluding steroid dienone is 4. The zero-order valence-electron chi connectivity index (χ0n) is 17.1. The normalized spacial score (nSPS) is 22.7. The predicted molar refractivity (Wildman–Crippen MR) is 116 cm³/mol. The molecule has 2 atom stereocenters. The molecule has 3 amide bonds. The summed E-state index contributed by atoms with van der Waals surface area (Å²) >= 11 is 2.24. The largest absolute Gasteiger partial charge is 0.444 e. The number of amides is 3. The van der Waals surface area contributed by atoms with Crippen LogP contribution in [0.4, 0.5) is 4.79 Å². The molecule has 7 nitrogen and oxygen atoms in total. The molecular formula is C20H30IN3O4. The number of halogens is 1. The Morgan fingerprint density at radius 1 is 1.25 bits per heavy atom. The maximum atomic E-state index is 12.5. The summed E-state index contributed by atoms with van der Waals surface area (Å²) in [5, 5.41) is 8.49. The highest BCUT2D eigenvalue weighted by Gasteiger charge is 2.32. The molecule has 0 saturated carbocycles. The molecule has 156 valence electrons. The topological polar surface area (TPSA) is 96.5 Å². The molecule has 2 rings (SSSR count). The standard InChI is InChI=1S/C20H30IN3O4/c1-19(2,3)28-18(27)24-20(4,5)11-16(25)22-14-9-7-12-6-8-13(21)10-15(12)23-17(14)26/h8,10,12,14H,6-7,9,11H2,1-5H3,(H,22,25)(H,23,26)(H,24,27). The molecule has 2 unspecified atom stereocenters. The summed E-state index contributed by atoms with van der Waals surface area (Å²) in [7, 11) is 0. The van der Waals surface area contributed by atoms with Gasteiger partial charge in [-0.05, 0) is 82.5 Å². The smallest absolute Gasteiger partial charge is 0.408 e. The van der Waals surface area contributed by atoms with E-state index >= 15 is 0 Å². The summed E-state index contributed by atoms with van der Waals surface area (Å²) in [6, 6.07) is -0.575. The van der Waals surface area contributed by atoms with Crippen molar-refractivity contribution in [3.8, 4) is 0 Å². The van der Waals surface area contributed by atoms with Gasteiger partial charge in [0.25, 0.3) is 0 Å². The minimum absolute atomic E-state index is 0.0433. The van der Waals surface area contributed by atoms with Crippen molar-refractivity contribution in [2.24, 2.45) is 5.92 Å². The van der Waals surface area contributed by atoms with Crippen LogP contribution in [0, 0.1) is 5.92 Å². The first-order valence-electron chi connectivity index (χ1n) is 9.53. The lowest BCUT2D eigenvalue weighted by molar-refractivity contribution is -0.129. The van der Waals surface area contributed by atoms with Crippen LogP contribution in [0.25, 0.3) is 0 Å². The maximum Gasteiger partial charge on any atom is 0.408 e. The van der Waals surface area contributed by atoms with E-state index in [4.69, 9.17) is 4.74 Å². The fraction of sp³-hybridized carbons (Fsp3) is 0.650. The average Bonchev–Trinajstić information content (AvgIpc) is 2.63. The number of nitrogens with one attached hydrogen (secondary N) is 3. The zero-order valence-corrected chi connectivity index (χ0v) is 19.3. The van der Waals surface area contributed by atoms with Crippen molar-refractivity contribution in [3.05, 3.63) is 21.4 Å². The third kappa shape index (κ3) is 7.10. The van der Waals surface area contributed by atoms with E-state index in [-0.39, 0.29) is 24.2 Å². The van der Waals surface area contributed by atoms with Gasteiger partial charge >= 0.3 is 6.09 Å². The number of hydrogen-bond donors (Lipinski definition) is 3. The summed E-state index contributed by atoms with van der Waals surface area (Å²) in [6.07, 6.45) is 5.93. The van der Waals surface area contributed by atoms with Crippen LogP contribution in [0.5, 0.6) is 0 Å². The van der Waals surface area contributed by atoms with Gasteiger partial charge in [0.05, 0.1) is 0 Å². The van der Waals surface area contributed by atoms with Crippen molar-refractivity contribution in [1.82, 2.24) is 16.0 Å². The molecule has 1 fully saturated rings. The Bertz CT molecular complexity index is 707. The molecule has 0 aromatic heterocycles. The molecule has 1 saturated heterocycles. The van der Waals surface area contributed by atoms with Crippen molar-refractivity contribution >= 4 is 40.5 Å². The van der Waals surface area contributed by atoms with E-state index in [1.165, 1.54) is 0 Å². The van der Waals surface area contributed by atoms with Gasteiger partial charge in [-0.15, -0.1) is 0 Å². The summed E-state index contributed by atoms with van der Waals surface area (Å²) in [5.74, 6) is -0.187. The average molecular weight is 503 g/mol. The molecule has 2 aliphatic rings. The highest BCUT2D eigenvalue weighted by molar-refractivity contribution is 14.1. The monoisotopic (exact) mass is 503 g/mol. The fourth-order valence-corrected chi connectivity index (χ4v) is 3.85. The van der Waals surface area contributed by atoms with E-state index in [2.05, 4.69) is 44.6 Å². The SMILES string of the molecule is CC(C)(CC(=O)NC1CCC2CC=C(I)C=C2NC1=O)NC(=O)OC(C)(C)C. The summed E-state index contributed by atoms with van der Waals surface area (Å²) in [6.45, 7) is 8.83. The lowest BCUT2D eigenvalue weighted by Gasteiger charge is -2.28. The van der Waals surface area contributed by atoms with E-state index < -0.39 is 23.3 Å². The molecule has 28 heavy (non-hydrogen) atoms. The number of ether oxygens (including phenoxy) is 1. The molecule has 0 spiro atoms. The molecule has 1 heterocycles.